The van der Waals surface area contributed by atoms with Crippen molar-refractivity contribution in [3.05, 3.63) is 64.3 Å². The number of ether oxygens (including phenoxy) is 2. The summed E-state index contributed by atoms with van der Waals surface area (Å²) in [6.07, 6.45) is 1.37. The number of nitrogens with zero attached hydrogens (tertiary/aromatic N) is 4. The van der Waals surface area contributed by atoms with Gasteiger partial charge in [-0.2, -0.15) is 0 Å². The maximum absolute atomic E-state index is 13.3. The van der Waals surface area contributed by atoms with Gasteiger partial charge >= 0.3 is 6.03 Å². The van der Waals surface area contributed by atoms with Crippen LogP contribution in [0.5, 0.6) is 5.75 Å². The number of thiophene rings is 1. The molecule has 2 aliphatic heterocycles. The predicted octanol–water partition coefficient (Wildman–Crippen LogP) is 5.12. The van der Waals surface area contributed by atoms with E-state index in [0.717, 1.165) is 38.4 Å². The lowest BCUT2D eigenvalue weighted by Crippen LogP contribution is -2.35. The smallest absolute Gasteiger partial charge is 0.332 e. The number of urea groups is 1. The maximum atomic E-state index is 13.3. The maximum Gasteiger partial charge on any atom is 0.332 e. The molecule has 12 heteroatoms. The van der Waals surface area contributed by atoms with Gasteiger partial charge in [-0.05, 0) is 29.8 Å². The van der Waals surface area contributed by atoms with Crippen LogP contribution >= 0.6 is 22.9 Å². The number of hydrogen-bond donors (Lipinski definition) is 2. The van der Waals surface area contributed by atoms with Crippen LogP contribution < -0.4 is 20.3 Å². The van der Waals surface area contributed by atoms with Crippen LogP contribution in [0.1, 0.15) is 15.2 Å². The molecule has 6 rings (SSSR count). The summed E-state index contributed by atoms with van der Waals surface area (Å²) >= 11 is 7.62. The summed E-state index contributed by atoms with van der Waals surface area (Å²) in [4.78, 5) is 40.0. The molecule has 194 valence electrons. The zero-order chi connectivity index (χ0) is 26.2. The largest absolute Gasteiger partial charge is 0.497 e. The van der Waals surface area contributed by atoms with Gasteiger partial charge in [0, 0.05) is 31.4 Å². The number of aromatic nitrogens is 2. The number of nitrogens with one attached hydrogen (secondary N) is 2. The first-order chi connectivity index (χ1) is 18.5. The van der Waals surface area contributed by atoms with Crippen molar-refractivity contribution < 1.29 is 19.1 Å². The van der Waals surface area contributed by atoms with Crippen molar-refractivity contribution >= 4 is 68.0 Å². The minimum absolute atomic E-state index is 0.337. The molecular formula is C26H23ClN6O4S. The number of benzene rings is 2. The topological polar surface area (TPSA) is 109 Å². The first-order valence-corrected chi connectivity index (χ1v) is 13.1. The van der Waals surface area contributed by atoms with Crippen LogP contribution in [0, 0.1) is 0 Å². The van der Waals surface area contributed by atoms with Crippen LogP contribution in [-0.4, -0.2) is 60.2 Å². The van der Waals surface area contributed by atoms with Gasteiger partial charge in [0.05, 0.1) is 42.1 Å². The molecule has 4 heterocycles. The molecule has 10 nitrogen and oxygen atoms in total. The lowest BCUT2D eigenvalue weighted by molar-refractivity contribution is 0.0342. The quantitative estimate of drug-likeness (QED) is 0.343. The lowest BCUT2D eigenvalue weighted by atomic mass is 10.1. The molecule has 4 aromatic rings. The first-order valence-electron chi connectivity index (χ1n) is 11.9. The van der Waals surface area contributed by atoms with Crippen LogP contribution in [0.15, 0.2) is 48.8 Å². The third-order valence-electron chi connectivity index (χ3n) is 6.44. The molecule has 1 fully saturated rings. The van der Waals surface area contributed by atoms with E-state index in [1.807, 2.05) is 24.3 Å². The molecular weight excluding hydrogens is 528 g/mol. The van der Waals surface area contributed by atoms with Crippen LogP contribution in [0.2, 0.25) is 5.02 Å². The van der Waals surface area contributed by atoms with Gasteiger partial charge in [0.1, 0.15) is 21.8 Å². The van der Waals surface area contributed by atoms with Crippen LogP contribution in [-0.2, 0) is 11.3 Å². The molecule has 3 amide bonds. The zero-order valence-electron chi connectivity index (χ0n) is 20.4. The second-order valence-corrected chi connectivity index (χ2v) is 10.2. The van der Waals surface area contributed by atoms with Gasteiger partial charge in [0.2, 0.25) is 0 Å². The number of carbonyl (C=O) groups excluding carboxylic acids is 2. The van der Waals surface area contributed by atoms with Crippen molar-refractivity contribution in [1.29, 1.82) is 0 Å². The number of amides is 3. The van der Waals surface area contributed by atoms with Gasteiger partial charge in [-0.25, -0.2) is 19.7 Å². The highest BCUT2D eigenvalue weighted by atomic mass is 35.5. The molecule has 2 N–H and O–H groups in total. The van der Waals surface area contributed by atoms with Gasteiger partial charge in [0.25, 0.3) is 5.91 Å². The molecule has 1 saturated heterocycles. The van der Waals surface area contributed by atoms with E-state index >= 15 is 0 Å². The van der Waals surface area contributed by atoms with E-state index in [1.54, 1.807) is 18.2 Å². The summed E-state index contributed by atoms with van der Waals surface area (Å²) < 4.78 is 10.7. The van der Waals surface area contributed by atoms with Crippen molar-refractivity contribution in [2.45, 2.75) is 6.54 Å². The highest BCUT2D eigenvalue weighted by Crippen LogP contribution is 2.46. The summed E-state index contributed by atoms with van der Waals surface area (Å²) in [5.41, 5.74) is 2.60. The van der Waals surface area contributed by atoms with Crippen LogP contribution in [0.3, 0.4) is 0 Å². The summed E-state index contributed by atoms with van der Waals surface area (Å²) in [5.74, 6) is 0.532. The van der Waals surface area contributed by atoms with E-state index in [2.05, 4.69) is 25.5 Å². The Kier molecular flexibility index (Phi) is 6.58. The van der Waals surface area contributed by atoms with Gasteiger partial charge in [-0.1, -0.05) is 23.7 Å². The first kappa shape index (κ1) is 24.6. The number of carbonyl (C=O) groups is 2. The number of morpholine rings is 1. The average molecular weight is 551 g/mol. The highest BCUT2D eigenvalue weighted by molar-refractivity contribution is 7.21. The van der Waals surface area contributed by atoms with E-state index in [4.69, 9.17) is 21.1 Å². The van der Waals surface area contributed by atoms with Gasteiger partial charge < -0.3 is 20.1 Å². The Hall–Kier alpha value is -3.77. The zero-order valence-corrected chi connectivity index (χ0v) is 21.9. The van der Waals surface area contributed by atoms with Crippen molar-refractivity contribution in [1.82, 2.24) is 14.9 Å². The van der Waals surface area contributed by atoms with E-state index in [-0.39, 0.29) is 5.91 Å². The Morgan fingerprint density at radius 2 is 1.97 bits per heavy atom. The molecule has 0 saturated carbocycles. The predicted molar refractivity (Wildman–Crippen MR) is 147 cm³/mol. The van der Waals surface area contributed by atoms with Crippen molar-refractivity contribution in [2.24, 2.45) is 0 Å². The highest BCUT2D eigenvalue weighted by Gasteiger charge is 2.34. The third-order valence-corrected chi connectivity index (χ3v) is 7.85. The number of rotatable bonds is 6. The molecule has 0 aliphatic carbocycles. The SMILES string of the molecule is COc1ccc(Cl)c(N2C(=O)Nc3c(C(=O)Nc4ccc(CN5CCOCC5)cc4)sc4ncnc2c34)c1. The summed E-state index contributed by atoms with van der Waals surface area (Å²) in [5, 5.41) is 6.71. The van der Waals surface area contributed by atoms with Crippen molar-refractivity contribution in [3.63, 3.8) is 0 Å². The van der Waals surface area contributed by atoms with E-state index in [9.17, 15) is 9.59 Å². The summed E-state index contributed by atoms with van der Waals surface area (Å²) in [6.45, 7) is 4.15. The fourth-order valence-electron chi connectivity index (χ4n) is 4.54. The average Bonchev–Trinajstić information content (AvgIpc) is 3.31. The van der Waals surface area contributed by atoms with Crippen molar-refractivity contribution in [3.8, 4) is 5.75 Å². The van der Waals surface area contributed by atoms with Crippen LogP contribution in [0.4, 0.5) is 27.7 Å². The van der Waals surface area contributed by atoms with E-state index in [0.29, 0.717) is 48.7 Å². The molecule has 0 bridgehead atoms. The Morgan fingerprint density at radius 1 is 1.18 bits per heavy atom. The number of anilines is 4. The molecule has 2 aromatic carbocycles. The lowest BCUT2D eigenvalue weighted by Gasteiger charge is -2.28. The Balaban J connectivity index is 1.28. The van der Waals surface area contributed by atoms with E-state index in [1.165, 1.54) is 29.7 Å². The number of hydrogen-bond acceptors (Lipinski definition) is 8. The minimum atomic E-state index is -0.493. The standard InChI is InChI=1S/C26H23ClN6O4S/c1-36-17-6-7-18(27)19(12-17)33-23-20-21(31-26(33)35)22(38-25(20)29-14-28-23)24(34)30-16-4-2-15(3-5-16)13-32-8-10-37-11-9-32/h2-7,12,14H,8-11,13H2,1H3,(H,30,34)(H,31,35). The fraction of sp³-hybridized carbons (Fsp3) is 0.231. The summed E-state index contributed by atoms with van der Waals surface area (Å²) in [6, 6.07) is 12.3. The minimum Gasteiger partial charge on any atom is -0.497 e. The molecule has 38 heavy (non-hydrogen) atoms. The Bertz CT molecular complexity index is 1540. The van der Waals surface area contributed by atoms with Crippen LogP contribution in [0.25, 0.3) is 10.2 Å². The monoisotopic (exact) mass is 550 g/mol. The summed E-state index contributed by atoms with van der Waals surface area (Å²) in [7, 11) is 1.53. The van der Waals surface area contributed by atoms with Crippen molar-refractivity contribution in [2.75, 3.05) is 48.9 Å². The van der Waals surface area contributed by atoms with Gasteiger partial charge in [-0.15, -0.1) is 11.3 Å². The normalized spacial score (nSPS) is 15.4. The fourth-order valence-corrected chi connectivity index (χ4v) is 5.73. The molecule has 0 unspecified atom stereocenters. The van der Waals surface area contributed by atoms with Gasteiger partial charge in [-0.3, -0.25) is 9.69 Å². The second kappa shape index (κ2) is 10.2. The molecule has 0 spiro atoms. The molecule has 0 atom stereocenters. The molecule has 2 aromatic heterocycles. The van der Waals surface area contributed by atoms with E-state index < -0.39 is 6.03 Å². The number of methoxy groups -OCH3 is 1. The number of halogens is 1. The third kappa shape index (κ3) is 4.54. The second-order valence-electron chi connectivity index (χ2n) is 8.81. The molecule has 0 radical (unpaired) electrons. The molecule has 2 aliphatic rings. The Labute approximate surface area is 227 Å². The Morgan fingerprint density at radius 3 is 2.74 bits per heavy atom. The van der Waals surface area contributed by atoms with Gasteiger partial charge in [0.15, 0.2) is 5.82 Å².